The van der Waals surface area contributed by atoms with Gasteiger partial charge in [-0.05, 0) is 18.8 Å². The van der Waals surface area contributed by atoms with Crippen molar-refractivity contribution in [2.75, 3.05) is 12.4 Å². The van der Waals surface area contributed by atoms with Gasteiger partial charge in [-0.1, -0.05) is 5.92 Å². The second-order valence-electron chi connectivity index (χ2n) is 5.98. The number of halogens is 2. The molecule has 26 heavy (non-hydrogen) atoms. The molecule has 132 valence electrons. The Hall–Kier alpha value is -3.41. The number of nitrogens with one attached hydrogen (secondary N) is 2. The maximum Gasteiger partial charge on any atom is 0.255 e. The molecule has 0 atom stereocenters. The summed E-state index contributed by atoms with van der Waals surface area (Å²) in [5, 5.41) is 9.07. The molecule has 0 bridgehead atoms. The predicted octanol–water partition coefficient (Wildman–Crippen LogP) is 1.91. The van der Waals surface area contributed by atoms with Gasteiger partial charge >= 0.3 is 0 Å². The molecule has 1 saturated carbocycles. The average Bonchev–Trinajstić information content (AvgIpc) is 3.22. The van der Waals surface area contributed by atoms with Crippen molar-refractivity contribution in [3.05, 3.63) is 40.8 Å². The molecule has 0 saturated heterocycles. The minimum Gasteiger partial charge on any atom is -0.371 e. The van der Waals surface area contributed by atoms with Gasteiger partial charge in [0.2, 0.25) is 0 Å². The van der Waals surface area contributed by atoms with Crippen LogP contribution in [-0.4, -0.2) is 32.7 Å². The predicted molar refractivity (Wildman–Crippen MR) is 90.6 cm³/mol. The van der Waals surface area contributed by atoms with Crippen LogP contribution in [0.1, 0.15) is 40.5 Å². The number of H-pyrrole nitrogens is 1. The van der Waals surface area contributed by atoms with E-state index in [1.54, 1.807) is 11.6 Å². The Morgan fingerprint density at radius 1 is 1.42 bits per heavy atom. The van der Waals surface area contributed by atoms with Gasteiger partial charge in [0.05, 0.1) is 17.4 Å². The van der Waals surface area contributed by atoms with Crippen LogP contribution < -0.4 is 11.1 Å². The molecule has 0 unspecified atom stereocenters. The van der Waals surface area contributed by atoms with Crippen LogP contribution in [0.3, 0.4) is 0 Å². The topological polar surface area (TPSA) is 102 Å². The first-order chi connectivity index (χ1) is 12.5. The summed E-state index contributed by atoms with van der Waals surface area (Å²) in [7, 11) is 1.56. The average molecular weight is 356 g/mol. The Labute approximate surface area is 146 Å². The molecule has 1 amide bonds. The second-order valence-corrected chi connectivity index (χ2v) is 5.98. The Morgan fingerprint density at radius 2 is 2.19 bits per heavy atom. The third kappa shape index (κ3) is 2.47. The molecule has 4 N–H and O–H groups in total. The fourth-order valence-electron chi connectivity index (χ4n) is 2.83. The first-order valence-corrected chi connectivity index (χ1v) is 7.93. The summed E-state index contributed by atoms with van der Waals surface area (Å²) in [6.45, 7) is 0. The van der Waals surface area contributed by atoms with E-state index in [9.17, 15) is 13.6 Å². The second kappa shape index (κ2) is 5.84. The van der Waals surface area contributed by atoms with Crippen molar-refractivity contribution >= 4 is 22.8 Å². The van der Waals surface area contributed by atoms with Gasteiger partial charge in [-0.3, -0.25) is 9.89 Å². The molecule has 7 nitrogen and oxygen atoms in total. The van der Waals surface area contributed by atoms with E-state index in [4.69, 9.17) is 5.73 Å². The van der Waals surface area contributed by atoms with E-state index in [1.165, 1.54) is 12.4 Å². The number of amides is 1. The molecular weight excluding hydrogens is 342 g/mol. The van der Waals surface area contributed by atoms with E-state index in [1.807, 2.05) is 0 Å². The first-order valence-electron chi connectivity index (χ1n) is 7.93. The fraction of sp³-hybridized carbons (Fsp3) is 0.235. The number of hydrogen-bond donors (Lipinski definition) is 3. The molecular formula is C17H14F2N6O. The van der Waals surface area contributed by atoms with E-state index in [-0.39, 0.29) is 28.6 Å². The molecule has 0 radical (unpaired) electrons. The molecule has 1 aliphatic carbocycles. The third-order valence-electron chi connectivity index (χ3n) is 4.26. The van der Waals surface area contributed by atoms with Crippen LogP contribution in [0.2, 0.25) is 0 Å². The SMILES string of the molecule is CNc1n[nH]c(C#Cc2c(F)cc3c(ncn3C3CC3)c2F)c1C(N)=O. The fourth-order valence-corrected chi connectivity index (χ4v) is 2.83. The molecule has 4 rings (SSSR count). The highest BCUT2D eigenvalue weighted by Gasteiger charge is 2.27. The monoisotopic (exact) mass is 356 g/mol. The maximum atomic E-state index is 14.7. The van der Waals surface area contributed by atoms with Gasteiger partial charge in [0.15, 0.2) is 11.6 Å². The van der Waals surface area contributed by atoms with Gasteiger partial charge in [-0.15, -0.1) is 0 Å². The molecule has 9 heteroatoms. The molecule has 0 spiro atoms. The number of nitrogens with two attached hydrogens (primary N) is 1. The highest BCUT2D eigenvalue weighted by atomic mass is 19.1. The van der Waals surface area contributed by atoms with Crippen molar-refractivity contribution < 1.29 is 13.6 Å². The lowest BCUT2D eigenvalue weighted by Crippen LogP contribution is -2.13. The number of benzene rings is 1. The number of nitrogens with zero attached hydrogens (tertiary/aromatic N) is 3. The number of hydrogen-bond acceptors (Lipinski definition) is 4. The van der Waals surface area contributed by atoms with E-state index in [0.29, 0.717) is 5.52 Å². The van der Waals surface area contributed by atoms with Crippen molar-refractivity contribution in [2.24, 2.45) is 5.73 Å². The summed E-state index contributed by atoms with van der Waals surface area (Å²) in [6.07, 6.45) is 3.46. The normalized spacial score (nSPS) is 13.5. The molecule has 3 aromatic rings. The minimum absolute atomic E-state index is 0.0277. The zero-order valence-corrected chi connectivity index (χ0v) is 13.7. The van der Waals surface area contributed by atoms with E-state index < -0.39 is 23.1 Å². The van der Waals surface area contributed by atoms with Crippen LogP contribution in [0, 0.1) is 23.5 Å². The Kier molecular flexibility index (Phi) is 3.61. The van der Waals surface area contributed by atoms with Crippen LogP contribution in [0.4, 0.5) is 14.6 Å². The maximum absolute atomic E-state index is 14.7. The Bertz CT molecular complexity index is 1100. The Balaban J connectivity index is 1.81. The first kappa shape index (κ1) is 16.1. The molecule has 1 fully saturated rings. The van der Waals surface area contributed by atoms with Gasteiger partial charge in [0, 0.05) is 19.2 Å². The zero-order chi connectivity index (χ0) is 18.4. The van der Waals surface area contributed by atoms with Crippen molar-refractivity contribution in [3.8, 4) is 11.8 Å². The third-order valence-corrected chi connectivity index (χ3v) is 4.26. The highest BCUT2D eigenvalue weighted by molar-refractivity contribution is 5.99. The molecule has 2 aromatic heterocycles. The van der Waals surface area contributed by atoms with Crippen LogP contribution in [0.25, 0.3) is 11.0 Å². The van der Waals surface area contributed by atoms with Crippen LogP contribution in [-0.2, 0) is 0 Å². The molecule has 2 heterocycles. The number of primary amides is 1. The summed E-state index contributed by atoms with van der Waals surface area (Å²) in [5.74, 6) is 2.78. The summed E-state index contributed by atoms with van der Waals surface area (Å²) in [6, 6.07) is 1.48. The van der Waals surface area contributed by atoms with Gasteiger partial charge in [0.1, 0.15) is 22.6 Å². The quantitative estimate of drug-likeness (QED) is 0.624. The van der Waals surface area contributed by atoms with Crippen molar-refractivity contribution in [2.45, 2.75) is 18.9 Å². The lowest BCUT2D eigenvalue weighted by Gasteiger charge is -2.03. The van der Waals surface area contributed by atoms with Gasteiger partial charge in [-0.2, -0.15) is 5.10 Å². The standard InChI is InChI=1S/C17H14F2N6O/c1-21-17-13(16(20)26)11(23-24-17)5-4-9-10(18)6-12-15(14(9)19)22-7-25(12)8-2-3-8/h6-8H,2-3H2,1H3,(H2,20,26)(H2,21,23,24). The lowest BCUT2D eigenvalue weighted by atomic mass is 10.1. The molecule has 1 aromatic carbocycles. The number of fused-ring (bicyclic) bond motifs is 1. The van der Waals surface area contributed by atoms with E-state index in [0.717, 1.165) is 12.8 Å². The molecule has 0 aliphatic heterocycles. The zero-order valence-electron chi connectivity index (χ0n) is 13.7. The van der Waals surface area contributed by atoms with Crippen LogP contribution in [0.5, 0.6) is 0 Å². The summed E-state index contributed by atoms with van der Waals surface area (Å²) < 4.78 is 30.9. The number of anilines is 1. The number of carbonyl (C=O) groups excluding carboxylic acids is 1. The van der Waals surface area contributed by atoms with Crippen LogP contribution >= 0.6 is 0 Å². The van der Waals surface area contributed by atoms with Crippen molar-refractivity contribution in [3.63, 3.8) is 0 Å². The van der Waals surface area contributed by atoms with E-state index in [2.05, 4.69) is 32.3 Å². The van der Waals surface area contributed by atoms with Gasteiger partial charge in [-0.25, -0.2) is 13.8 Å². The summed E-state index contributed by atoms with van der Waals surface area (Å²) >= 11 is 0. The van der Waals surface area contributed by atoms with Crippen LogP contribution in [0.15, 0.2) is 12.4 Å². The number of aromatic nitrogens is 4. The van der Waals surface area contributed by atoms with Gasteiger partial charge in [0.25, 0.3) is 5.91 Å². The van der Waals surface area contributed by atoms with Crippen molar-refractivity contribution in [1.29, 1.82) is 0 Å². The highest BCUT2D eigenvalue weighted by Crippen LogP contribution is 2.38. The smallest absolute Gasteiger partial charge is 0.255 e. The largest absolute Gasteiger partial charge is 0.371 e. The number of rotatable bonds is 3. The number of aromatic amines is 1. The number of carbonyl (C=O) groups is 1. The lowest BCUT2D eigenvalue weighted by molar-refractivity contribution is 0.100. The number of imidazole rings is 1. The summed E-state index contributed by atoms with van der Waals surface area (Å²) in [4.78, 5) is 15.6. The minimum atomic E-state index is -0.833. The van der Waals surface area contributed by atoms with E-state index >= 15 is 0 Å². The van der Waals surface area contributed by atoms with Crippen molar-refractivity contribution in [1.82, 2.24) is 19.7 Å². The Morgan fingerprint density at radius 3 is 2.85 bits per heavy atom. The summed E-state index contributed by atoms with van der Waals surface area (Å²) in [5.41, 5.74) is 5.46. The molecule has 1 aliphatic rings. The van der Waals surface area contributed by atoms with Gasteiger partial charge < -0.3 is 15.6 Å².